The van der Waals surface area contributed by atoms with Crippen molar-refractivity contribution < 1.29 is 14.3 Å². The number of ether oxygens (including phenoxy) is 1. The Morgan fingerprint density at radius 1 is 1.17 bits per heavy atom. The predicted octanol–water partition coefficient (Wildman–Crippen LogP) is 1.19. The van der Waals surface area contributed by atoms with E-state index < -0.39 is 5.91 Å². The normalized spacial score (nSPS) is 28.9. The lowest BCUT2D eigenvalue weighted by Crippen LogP contribution is -2.53. The summed E-state index contributed by atoms with van der Waals surface area (Å²) in [6.45, 7) is -0.242. The number of hydrogen-bond acceptors (Lipinski definition) is 4. The van der Waals surface area contributed by atoms with E-state index in [9.17, 15) is 9.59 Å². The standard InChI is InChI=1S/C18H25N3O3/c19-13-8-11-4-3-5-12(9-13)17(11)21-18(23)14-6-1-2-7-15(14)24-10-16(20)22/h1-2,6-7,11-13,17H,3-5,8-10,19H2,(H2,20,22)(H,21,23). The van der Waals surface area contributed by atoms with Crippen molar-refractivity contribution in [3.63, 3.8) is 0 Å². The van der Waals surface area contributed by atoms with Gasteiger partial charge in [-0.2, -0.15) is 0 Å². The summed E-state index contributed by atoms with van der Waals surface area (Å²) >= 11 is 0. The van der Waals surface area contributed by atoms with Gasteiger partial charge in [-0.3, -0.25) is 9.59 Å². The molecule has 2 fully saturated rings. The third-order valence-corrected chi connectivity index (χ3v) is 5.18. The summed E-state index contributed by atoms with van der Waals surface area (Å²) in [5.41, 5.74) is 11.7. The molecule has 2 aliphatic rings. The smallest absolute Gasteiger partial charge is 0.255 e. The number of primary amides is 1. The number of para-hydroxylation sites is 1. The maximum atomic E-state index is 12.8. The molecule has 0 aliphatic heterocycles. The zero-order valence-corrected chi connectivity index (χ0v) is 13.7. The molecule has 0 saturated heterocycles. The van der Waals surface area contributed by atoms with Gasteiger partial charge in [-0.15, -0.1) is 0 Å². The van der Waals surface area contributed by atoms with Crippen molar-refractivity contribution in [1.29, 1.82) is 0 Å². The molecular weight excluding hydrogens is 306 g/mol. The number of benzene rings is 1. The zero-order valence-electron chi connectivity index (χ0n) is 13.7. The van der Waals surface area contributed by atoms with Crippen LogP contribution in [0, 0.1) is 11.8 Å². The van der Waals surface area contributed by atoms with Crippen molar-refractivity contribution >= 4 is 11.8 Å². The molecule has 1 aromatic rings. The van der Waals surface area contributed by atoms with Gasteiger partial charge in [0.1, 0.15) is 5.75 Å². The number of rotatable bonds is 5. The molecule has 5 N–H and O–H groups in total. The quantitative estimate of drug-likeness (QED) is 0.753. The second-order valence-electron chi connectivity index (χ2n) is 6.93. The van der Waals surface area contributed by atoms with Crippen molar-refractivity contribution in [1.82, 2.24) is 5.32 Å². The molecule has 0 radical (unpaired) electrons. The summed E-state index contributed by atoms with van der Waals surface area (Å²) in [4.78, 5) is 23.7. The van der Waals surface area contributed by atoms with Crippen molar-refractivity contribution in [3.05, 3.63) is 29.8 Å². The zero-order chi connectivity index (χ0) is 17.1. The van der Waals surface area contributed by atoms with Crippen LogP contribution in [0.5, 0.6) is 5.75 Å². The van der Waals surface area contributed by atoms with Gasteiger partial charge < -0.3 is 21.5 Å². The predicted molar refractivity (Wildman–Crippen MR) is 90.4 cm³/mol. The number of carbonyl (C=O) groups is 2. The van der Waals surface area contributed by atoms with Crippen molar-refractivity contribution in [2.45, 2.75) is 44.2 Å². The Kier molecular flexibility index (Phi) is 5.04. The summed E-state index contributed by atoms with van der Waals surface area (Å²) < 4.78 is 5.36. The van der Waals surface area contributed by atoms with Crippen molar-refractivity contribution in [2.75, 3.05) is 6.61 Å². The second-order valence-corrected chi connectivity index (χ2v) is 6.93. The summed E-state index contributed by atoms with van der Waals surface area (Å²) in [6, 6.07) is 7.35. The van der Waals surface area contributed by atoms with E-state index in [2.05, 4.69) is 5.32 Å². The number of nitrogens with two attached hydrogens (primary N) is 2. The first-order valence-electron chi connectivity index (χ1n) is 8.61. The Balaban J connectivity index is 1.72. The molecule has 6 heteroatoms. The number of carbonyl (C=O) groups excluding carboxylic acids is 2. The number of amides is 2. The molecule has 2 saturated carbocycles. The maximum absolute atomic E-state index is 12.8. The molecule has 130 valence electrons. The van der Waals surface area contributed by atoms with Crippen LogP contribution in [0.25, 0.3) is 0 Å². The number of nitrogens with one attached hydrogen (secondary N) is 1. The molecule has 2 atom stereocenters. The molecule has 2 unspecified atom stereocenters. The third kappa shape index (κ3) is 3.70. The first kappa shape index (κ1) is 16.8. The van der Waals surface area contributed by atoms with E-state index in [1.165, 1.54) is 6.42 Å². The van der Waals surface area contributed by atoms with Crippen LogP contribution < -0.4 is 21.5 Å². The molecule has 2 aliphatic carbocycles. The van der Waals surface area contributed by atoms with Crippen LogP contribution in [0.4, 0.5) is 0 Å². The summed E-state index contributed by atoms with van der Waals surface area (Å²) in [5, 5.41) is 3.20. The van der Waals surface area contributed by atoms with Crippen LogP contribution in [0.15, 0.2) is 24.3 Å². The molecular formula is C18H25N3O3. The topological polar surface area (TPSA) is 107 Å². The van der Waals surface area contributed by atoms with Crippen LogP contribution >= 0.6 is 0 Å². The van der Waals surface area contributed by atoms with Gasteiger partial charge in [-0.1, -0.05) is 18.6 Å². The fraction of sp³-hybridized carbons (Fsp3) is 0.556. The van der Waals surface area contributed by atoms with Gasteiger partial charge in [0.15, 0.2) is 6.61 Å². The molecule has 0 spiro atoms. The Morgan fingerprint density at radius 3 is 2.50 bits per heavy atom. The minimum Gasteiger partial charge on any atom is -0.483 e. The van der Waals surface area contributed by atoms with Crippen LogP contribution in [0.2, 0.25) is 0 Å². The van der Waals surface area contributed by atoms with E-state index in [0.717, 1.165) is 25.7 Å². The van der Waals surface area contributed by atoms with Crippen molar-refractivity contribution in [2.24, 2.45) is 23.3 Å². The van der Waals surface area contributed by atoms with E-state index in [-0.39, 0.29) is 24.6 Å². The lowest BCUT2D eigenvalue weighted by Gasteiger charge is -2.45. The first-order valence-corrected chi connectivity index (χ1v) is 8.61. The number of hydrogen-bond donors (Lipinski definition) is 3. The first-order chi connectivity index (χ1) is 11.5. The molecule has 0 aromatic heterocycles. The molecule has 24 heavy (non-hydrogen) atoms. The average molecular weight is 331 g/mol. The average Bonchev–Trinajstić information content (AvgIpc) is 2.54. The van der Waals surface area contributed by atoms with Crippen LogP contribution in [-0.2, 0) is 4.79 Å². The van der Waals surface area contributed by atoms with Crippen LogP contribution in [0.3, 0.4) is 0 Å². The Morgan fingerprint density at radius 2 is 1.83 bits per heavy atom. The van der Waals surface area contributed by atoms with Crippen LogP contribution in [0.1, 0.15) is 42.5 Å². The highest BCUT2D eigenvalue weighted by atomic mass is 16.5. The van der Waals surface area contributed by atoms with Crippen LogP contribution in [-0.4, -0.2) is 30.5 Å². The van der Waals surface area contributed by atoms with Crippen molar-refractivity contribution in [3.8, 4) is 5.75 Å². The van der Waals surface area contributed by atoms with E-state index in [1.807, 2.05) is 0 Å². The second kappa shape index (κ2) is 7.21. The lowest BCUT2D eigenvalue weighted by molar-refractivity contribution is -0.119. The minimum atomic E-state index is -0.569. The fourth-order valence-electron chi connectivity index (χ4n) is 4.18. The van der Waals surface area contributed by atoms with E-state index in [0.29, 0.717) is 23.1 Å². The Bertz CT molecular complexity index is 605. The van der Waals surface area contributed by atoms with Gasteiger partial charge in [0.2, 0.25) is 0 Å². The van der Waals surface area contributed by atoms with Gasteiger partial charge in [-0.05, 0) is 49.7 Å². The molecule has 0 heterocycles. The monoisotopic (exact) mass is 331 g/mol. The van der Waals surface area contributed by atoms with E-state index >= 15 is 0 Å². The highest BCUT2D eigenvalue weighted by molar-refractivity contribution is 5.97. The molecule has 1 aromatic carbocycles. The molecule has 2 amide bonds. The van der Waals surface area contributed by atoms with Gasteiger partial charge in [0.25, 0.3) is 11.8 Å². The SMILES string of the molecule is NC(=O)COc1ccccc1C(=O)NC1C2CCCC1CC(N)C2. The minimum absolute atomic E-state index is 0.160. The fourth-order valence-corrected chi connectivity index (χ4v) is 4.18. The van der Waals surface area contributed by atoms with Gasteiger partial charge >= 0.3 is 0 Å². The molecule has 3 rings (SSSR count). The van der Waals surface area contributed by atoms with Gasteiger partial charge in [0, 0.05) is 12.1 Å². The summed E-state index contributed by atoms with van der Waals surface area (Å²) in [6.07, 6.45) is 5.40. The number of fused-ring (bicyclic) bond motifs is 2. The lowest BCUT2D eigenvalue weighted by atomic mass is 9.67. The van der Waals surface area contributed by atoms with Gasteiger partial charge in [-0.25, -0.2) is 0 Å². The largest absolute Gasteiger partial charge is 0.483 e. The Hall–Kier alpha value is -2.08. The van der Waals surface area contributed by atoms with Gasteiger partial charge in [0.05, 0.1) is 5.56 Å². The Labute approximate surface area is 141 Å². The highest BCUT2D eigenvalue weighted by Gasteiger charge is 2.40. The summed E-state index contributed by atoms with van der Waals surface area (Å²) in [7, 11) is 0. The van der Waals surface area contributed by atoms with E-state index in [1.54, 1.807) is 24.3 Å². The summed E-state index contributed by atoms with van der Waals surface area (Å²) in [5.74, 6) is 0.560. The molecule has 2 bridgehead atoms. The van der Waals surface area contributed by atoms with E-state index in [4.69, 9.17) is 16.2 Å². The maximum Gasteiger partial charge on any atom is 0.255 e. The highest BCUT2D eigenvalue weighted by Crippen LogP contribution is 2.39. The third-order valence-electron chi connectivity index (χ3n) is 5.18. The molecule has 6 nitrogen and oxygen atoms in total.